The topological polar surface area (TPSA) is 73.2 Å². The largest absolute Gasteiger partial charge is 0.495 e. The fraction of sp³-hybridized carbons (Fsp3) is 0.136. The molecule has 0 bridgehead atoms. The quantitative estimate of drug-likeness (QED) is 0.543. The van der Waals surface area contributed by atoms with Crippen LogP contribution in [-0.2, 0) is 11.3 Å². The number of carbonyl (C=O) groups excluding carboxylic acids is 1. The number of fused-ring (bicyclic) bond motifs is 1. The fourth-order valence-electron chi connectivity index (χ4n) is 3.08. The average molecular weight is 405 g/mol. The predicted octanol–water partition coefficient (Wildman–Crippen LogP) is 4.08. The Kier molecular flexibility index (Phi) is 5.14. The summed E-state index contributed by atoms with van der Waals surface area (Å²) < 4.78 is 6.60. The first kappa shape index (κ1) is 18.9. The lowest BCUT2D eigenvalue weighted by Crippen LogP contribution is -2.27. The number of amides is 1. The lowest BCUT2D eigenvalue weighted by Gasteiger charge is -2.11. The van der Waals surface area contributed by atoms with Gasteiger partial charge in [-0.3, -0.25) is 14.2 Å². The highest BCUT2D eigenvalue weighted by molar-refractivity contribution is 7.21. The van der Waals surface area contributed by atoms with Crippen molar-refractivity contribution in [1.29, 1.82) is 0 Å². The molecule has 0 unspecified atom stereocenters. The van der Waals surface area contributed by atoms with E-state index in [1.165, 1.54) is 22.2 Å². The molecule has 0 spiro atoms. The number of rotatable bonds is 5. The number of methoxy groups -OCH3 is 1. The first-order valence-electron chi connectivity index (χ1n) is 9.04. The number of anilines is 1. The van der Waals surface area contributed by atoms with Gasteiger partial charge in [0.25, 0.3) is 5.56 Å². The van der Waals surface area contributed by atoms with Crippen molar-refractivity contribution in [3.8, 4) is 16.2 Å². The third-order valence-corrected chi connectivity index (χ3v) is 5.61. The van der Waals surface area contributed by atoms with Gasteiger partial charge >= 0.3 is 0 Å². The van der Waals surface area contributed by atoms with Gasteiger partial charge in [0.2, 0.25) is 5.91 Å². The summed E-state index contributed by atoms with van der Waals surface area (Å²) in [5.74, 6) is 0.242. The van der Waals surface area contributed by atoms with E-state index in [4.69, 9.17) is 4.74 Å². The number of ether oxygens (including phenoxy) is 1. The maximum atomic E-state index is 12.9. The molecule has 0 saturated heterocycles. The Labute approximate surface area is 171 Å². The van der Waals surface area contributed by atoms with E-state index in [1.807, 2.05) is 55.5 Å². The van der Waals surface area contributed by atoms with Crippen molar-refractivity contribution in [2.24, 2.45) is 0 Å². The summed E-state index contributed by atoms with van der Waals surface area (Å²) in [4.78, 5) is 31.4. The molecule has 0 saturated carbocycles. The zero-order chi connectivity index (χ0) is 20.4. The molecule has 4 rings (SSSR count). The van der Waals surface area contributed by atoms with E-state index in [9.17, 15) is 9.59 Å². The van der Waals surface area contributed by atoms with Crippen LogP contribution in [0.2, 0.25) is 0 Å². The van der Waals surface area contributed by atoms with E-state index < -0.39 is 0 Å². The molecule has 0 aliphatic rings. The summed E-state index contributed by atoms with van der Waals surface area (Å²) >= 11 is 1.46. The van der Waals surface area contributed by atoms with Gasteiger partial charge in [0.1, 0.15) is 17.1 Å². The first-order valence-corrected chi connectivity index (χ1v) is 9.85. The maximum absolute atomic E-state index is 12.9. The molecule has 0 aliphatic carbocycles. The van der Waals surface area contributed by atoms with E-state index >= 15 is 0 Å². The number of carbonyl (C=O) groups is 1. The molecule has 29 heavy (non-hydrogen) atoms. The Morgan fingerprint density at radius 3 is 2.72 bits per heavy atom. The summed E-state index contributed by atoms with van der Waals surface area (Å²) in [7, 11) is 1.55. The van der Waals surface area contributed by atoms with Gasteiger partial charge in [-0.05, 0) is 36.2 Å². The van der Waals surface area contributed by atoms with Crippen LogP contribution in [0.5, 0.6) is 5.75 Å². The van der Waals surface area contributed by atoms with Crippen LogP contribution in [0.15, 0.2) is 65.7 Å². The zero-order valence-electron chi connectivity index (χ0n) is 16.0. The van der Waals surface area contributed by atoms with Crippen molar-refractivity contribution in [2.45, 2.75) is 13.5 Å². The Morgan fingerprint density at radius 2 is 1.97 bits per heavy atom. The molecule has 0 aliphatic heterocycles. The smallest absolute Gasteiger partial charge is 0.262 e. The fourth-order valence-corrected chi connectivity index (χ4v) is 4.08. The van der Waals surface area contributed by atoms with Gasteiger partial charge in [-0.25, -0.2) is 4.98 Å². The molecule has 0 atom stereocenters. The molecule has 2 heterocycles. The van der Waals surface area contributed by atoms with E-state index in [1.54, 1.807) is 13.2 Å². The molecule has 146 valence electrons. The molecule has 2 aromatic heterocycles. The van der Waals surface area contributed by atoms with Crippen molar-refractivity contribution >= 4 is 33.1 Å². The van der Waals surface area contributed by atoms with Crippen LogP contribution < -0.4 is 15.6 Å². The average Bonchev–Trinajstić information content (AvgIpc) is 3.16. The standard InChI is InChI=1S/C22H19N3O3S/c1-14-8-9-18(28-2)17(10-14)24-20(26)12-25-13-23-21-16(22(25)27)11-19(29-21)15-6-4-3-5-7-15/h3-11,13H,12H2,1-2H3,(H,24,26). The first-order chi connectivity index (χ1) is 14.0. The van der Waals surface area contributed by atoms with E-state index in [2.05, 4.69) is 10.3 Å². The minimum atomic E-state index is -0.323. The van der Waals surface area contributed by atoms with Crippen LogP contribution in [0.4, 0.5) is 5.69 Å². The summed E-state index contributed by atoms with van der Waals surface area (Å²) in [6.45, 7) is 1.80. The number of hydrogen-bond acceptors (Lipinski definition) is 5. The van der Waals surface area contributed by atoms with E-state index in [0.29, 0.717) is 21.7 Å². The molecule has 4 aromatic rings. The van der Waals surface area contributed by atoms with Gasteiger partial charge in [-0.1, -0.05) is 36.4 Å². The molecule has 1 amide bonds. The van der Waals surface area contributed by atoms with Crippen LogP contribution in [0.25, 0.3) is 20.7 Å². The summed E-state index contributed by atoms with van der Waals surface area (Å²) in [5, 5.41) is 3.32. The Bertz CT molecular complexity index is 1250. The highest BCUT2D eigenvalue weighted by Gasteiger charge is 2.13. The number of benzene rings is 2. The van der Waals surface area contributed by atoms with Crippen molar-refractivity contribution in [2.75, 3.05) is 12.4 Å². The van der Waals surface area contributed by atoms with Crippen molar-refractivity contribution in [1.82, 2.24) is 9.55 Å². The second-order valence-electron chi connectivity index (χ2n) is 6.63. The normalized spacial score (nSPS) is 10.8. The molecule has 6 nitrogen and oxygen atoms in total. The molecule has 1 N–H and O–H groups in total. The third kappa shape index (κ3) is 3.90. The van der Waals surface area contributed by atoms with E-state index in [-0.39, 0.29) is 18.0 Å². The second kappa shape index (κ2) is 7.89. The molecular formula is C22H19N3O3S. The summed E-state index contributed by atoms with van der Waals surface area (Å²) in [5.41, 5.74) is 2.36. The number of hydrogen-bond donors (Lipinski definition) is 1. The van der Waals surface area contributed by atoms with Gasteiger partial charge in [0.15, 0.2) is 0 Å². The third-order valence-electron chi connectivity index (χ3n) is 4.52. The monoisotopic (exact) mass is 405 g/mol. The van der Waals surface area contributed by atoms with Gasteiger partial charge in [0.05, 0.1) is 24.5 Å². The molecule has 0 fully saturated rings. The van der Waals surface area contributed by atoms with Gasteiger partial charge in [0, 0.05) is 4.88 Å². The predicted molar refractivity (Wildman–Crippen MR) is 116 cm³/mol. The minimum Gasteiger partial charge on any atom is -0.495 e. The van der Waals surface area contributed by atoms with E-state index in [0.717, 1.165) is 16.0 Å². The van der Waals surface area contributed by atoms with Crippen molar-refractivity contribution < 1.29 is 9.53 Å². The SMILES string of the molecule is COc1ccc(C)cc1NC(=O)Cn1cnc2sc(-c3ccccc3)cc2c1=O. The number of aryl methyl sites for hydroxylation is 1. The van der Waals surface area contributed by atoms with Gasteiger partial charge < -0.3 is 10.1 Å². The zero-order valence-corrected chi connectivity index (χ0v) is 16.8. The second-order valence-corrected chi connectivity index (χ2v) is 7.66. The van der Waals surface area contributed by atoms with Gasteiger partial charge in [-0.15, -0.1) is 11.3 Å². The maximum Gasteiger partial charge on any atom is 0.262 e. The van der Waals surface area contributed by atoms with Crippen LogP contribution >= 0.6 is 11.3 Å². The lowest BCUT2D eigenvalue weighted by atomic mass is 10.2. The Balaban J connectivity index is 1.60. The summed E-state index contributed by atoms with van der Waals surface area (Å²) in [6, 6.07) is 17.2. The number of nitrogens with one attached hydrogen (secondary N) is 1. The Morgan fingerprint density at radius 1 is 1.17 bits per heavy atom. The molecular weight excluding hydrogens is 386 g/mol. The van der Waals surface area contributed by atoms with Crippen molar-refractivity contribution in [3.05, 3.63) is 76.8 Å². The molecule has 0 radical (unpaired) electrons. The number of thiophene rings is 1. The van der Waals surface area contributed by atoms with Gasteiger partial charge in [-0.2, -0.15) is 0 Å². The van der Waals surface area contributed by atoms with Crippen molar-refractivity contribution in [3.63, 3.8) is 0 Å². The number of aromatic nitrogens is 2. The number of nitrogens with zero attached hydrogens (tertiary/aromatic N) is 2. The van der Waals surface area contributed by atoms with Crippen LogP contribution in [-0.4, -0.2) is 22.6 Å². The minimum absolute atomic E-state index is 0.130. The van der Waals surface area contributed by atoms with Crippen LogP contribution in [0.1, 0.15) is 5.56 Å². The lowest BCUT2D eigenvalue weighted by molar-refractivity contribution is -0.116. The highest BCUT2D eigenvalue weighted by atomic mass is 32.1. The summed E-state index contributed by atoms with van der Waals surface area (Å²) in [6.07, 6.45) is 1.42. The van der Waals surface area contributed by atoms with Crippen LogP contribution in [0.3, 0.4) is 0 Å². The molecule has 7 heteroatoms. The molecule has 2 aromatic carbocycles. The Hall–Kier alpha value is -3.45. The van der Waals surface area contributed by atoms with Crippen LogP contribution in [0, 0.1) is 6.92 Å². The highest BCUT2D eigenvalue weighted by Crippen LogP contribution is 2.30.